The third-order valence-corrected chi connectivity index (χ3v) is 5.89. The summed E-state index contributed by atoms with van der Waals surface area (Å²) in [7, 11) is 0. The number of hydrogen-bond donors (Lipinski definition) is 2. The van der Waals surface area contributed by atoms with Gasteiger partial charge in [0.05, 0.1) is 11.0 Å². The fraction of sp³-hybridized carbons (Fsp3) is 0.250. The number of hydrogen-bond acceptors (Lipinski definition) is 2. The second-order valence-electron chi connectivity index (χ2n) is 7.56. The highest BCUT2D eigenvalue weighted by Gasteiger charge is 2.18. The molecule has 0 unspecified atom stereocenters. The van der Waals surface area contributed by atoms with Gasteiger partial charge in [0.2, 0.25) is 0 Å². The van der Waals surface area contributed by atoms with Crippen LogP contribution in [-0.4, -0.2) is 41.1 Å². The van der Waals surface area contributed by atoms with Crippen molar-refractivity contribution < 1.29 is 13.5 Å². The van der Waals surface area contributed by atoms with Crippen LogP contribution in [0.15, 0.2) is 42.5 Å². The van der Waals surface area contributed by atoms with Crippen molar-refractivity contribution in [2.24, 2.45) is 0 Å². The lowest BCUT2D eigenvalue weighted by Gasteiger charge is -2.18. The lowest BCUT2D eigenvalue weighted by atomic mass is 10.1. The molecule has 0 aliphatic heterocycles. The van der Waals surface area contributed by atoms with E-state index in [-0.39, 0.29) is 11.6 Å². The molecule has 2 heterocycles. The minimum atomic E-state index is -0.294. The zero-order chi connectivity index (χ0) is 20.8. The van der Waals surface area contributed by atoms with Crippen LogP contribution in [0.25, 0.3) is 43.6 Å². The molecule has 0 fully saturated rings. The van der Waals surface area contributed by atoms with Crippen molar-refractivity contribution in [3.63, 3.8) is 0 Å². The third kappa shape index (κ3) is 2.99. The van der Waals surface area contributed by atoms with Crippen LogP contribution in [0.4, 0.5) is 8.78 Å². The molecule has 0 amide bonds. The molecule has 154 valence electrons. The highest BCUT2D eigenvalue weighted by molar-refractivity contribution is 6.20. The minimum absolute atomic E-state index is 0.294. The first-order valence-corrected chi connectivity index (χ1v) is 10.3. The first-order chi connectivity index (χ1) is 14.6. The number of benzene rings is 3. The molecule has 6 heteroatoms. The van der Waals surface area contributed by atoms with Crippen molar-refractivity contribution in [3.8, 4) is 5.75 Å². The average molecular weight is 407 g/mol. The van der Waals surface area contributed by atoms with E-state index in [1.807, 2.05) is 6.07 Å². The predicted octanol–water partition coefficient (Wildman–Crippen LogP) is 5.95. The summed E-state index contributed by atoms with van der Waals surface area (Å²) in [5.74, 6) is 0.0952. The lowest BCUT2D eigenvalue weighted by molar-refractivity contribution is 0.225. The molecule has 4 nitrogen and oxygen atoms in total. The summed E-state index contributed by atoms with van der Waals surface area (Å²) < 4.78 is 34.2. The summed E-state index contributed by atoms with van der Waals surface area (Å²) in [6, 6.07) is 11.4. The summed E-state index contributed by atoms with van der Waals surface area (Å²) >= 11 is 0. The highest BCUT2D eigenvalue weighted by Crippen LogP contribution is 2.41. The van der Waals surface area contributed by atoms with Gasteiger partial charge in [-0.1, -0.05) is 13.8 Å². The largest absolute Gasteiger partial charge is 0.488 e. The first kappa shape index (κ1) is 18.9. The number of rotatable bonds is 6. The van der Waals surface area contributed by atoms with Gasteiger partial charge >= 0.3 is 0 Å². The standard InChI is InChI=1S/C24H23F2N3O/c1-3-29(4-2)9-10-30-24-22-18(16-11-14(25)5-7-20(16)27-22)13-19-17-12-15(26)6-8-21(17)28-23(19)24/h5-8,11-13,27-28H,3-4,9-10H2,1-2H3. The van der Waals surface area contributed by atoms with Crippen LogP contribution in [0.3, 0.4) is 0 Å². The normalized spacial score (nSPS) is 12.2. The second-order valence-corrected chi connectivity index (χ2v) is 7.56. The molecule has 0 spiro atoms. The van der Waals surface area contributed by atoms with Crippen molar-refractivity contribution >= 4 is 43.6 Å². The number of aromatic amines is 2. The number of likely N-dealkylation sites (N-methyl/N-ethyl adjacent to an activating group) is 1. The van der Waals surface area contributed by atoms with E-state index in [0.29, 0.717) is 12.4 Å². The van der Waals surface area contributed by atoms with Crippen molar-refractivity contribution in [3.05, 3.63) is 54.1 Å². The van der Waals surface area contributed by atoms with E-state index in [1.54, 1.807) is 12.1 Å². The van der Waals surface area contributed by atoms with Crippen molar-refractivity contribution in [2.75, 3.05) is 26.2 Å². The van der Waals surface area contributed by atoms with Gasteiger partial charge in [0.25, 0.3) is 0 Å². The molecule has 0 radical (unpaired) electrons. The smallest absolute Gasteiger partial charge is 0.167 e. The van der Waals surface area contributed by atoms with Crippen LogP contribution in [0, 0.1) is 11.6 Å². The van der Waals surface area contributed by atoms with Gasteiger partial charge in [-0.2, -0.15) is 0 Å². The van der Waals surface area contributed by atoms with Gasteiger partial charge in [0.15, 0.2) is 5.75 Å². The molecule has 0 saturated heterocycles. The summed E-state index contributed by atoms with van der Waals surface area (Å²) in [6.07, 6.45) is 0. The quantitative estimate of drug-likeness (QED) is 0.365. The Morgan fingerprint density at radius 1 is 0.767 bits per heavy atom. The number of halogens is 2. The minimum Gasteiger partial charge on any atom is -0.488 e. The number of ether oxygens (including phenoxy) is 1. The highest BCUT2D eigenvalue weighted by atomic mass is 19.1. The molecule has 30 heavy (non-hydrogen) atoms. The average Bonchev–Trinajstić information content (AvgIpc) is 3.28. The summed E-state index contributed by atoms with van der Waals surface area (Å²) in [5.41, 5.74) is 3.30. The van der Waals surface area contributed by atoms with Crippen molar-refractivity contribution in [2.45, 2.75) is 13.8 Å². The SMILES string of the molecule is CCN(CC)CCOc1c2[nH]c3ccc(F)cc3c2cc2c1[nH]c1ccc(F)cc12. The molecule has 0 atom stereocenters. The predicted molar refractivity (Wildman–Crippen MR) is 118 cm³/mol. The third-order valence-electron chi connectivity index (χ3n) is 5.89. The van der Waals surface area contributed by atoms with Gasteiger partial charge in [-0.05, 0) is 55.6 Å². The van der Waals surface area contributed by atoms with E-state index >= 15 is 0 Å². The van der Waals surface area contributed by atoms with Crippen LogP contribution in [0.2, 0.25) is 0 Å². The van der Waals surface area contributed by atoms with E-state index in [2.05, 4.69) is 28.7 Å². The zero-order valence-electron chi connectivity index (χ0n) is 17.0. The summed E-state index contributed by atoms with van der Waals surface area (Å²) in [5, 5.41) is 3.29. The molecule has 5 aromatic rings. The molecule has 0 saturated carbocycles. The molecule has 0 aliphatic rings. The van der Waals surface area contributed by atoms with Gasteiger partial charge in [-0.3, -0.25) is 0 Å². The van der Waals surface area contributed by atoms with E-state index < -0.39 is 0 Å². The van der Waals surface area contributed by atoms with Gasteiger partial charge in [0.1, 0.15) is 18.2 Å². The molecule has 0 bridgehead atoms. The Hall–Kier alpha value is -3.12. The Kier molecular flexibility index (Phi) is 4.59. The fourth-order valence-electron chi connectivity index (χ4n) is 4.26. The maximum absolute atomic E-state index is 14.0. The molecule has 0 aliphatic carbocycles. The van der Waals surface area contributed by atoms with Crippen LogP contribution >= 0.6 is 0 Å². The van der Waals surface area contributed by atoms with E-state index in [9.17, 15) is 8.78 Å². The number of aromatic nitrogens is 2. The maximum Gasteiger partial charge on any atom is 0.167 e. The maximum atomic E-state index is 14.0. The molecule has 5 rings (SSSR count). The van der Waals surface area contributed by atoms with Crippen LogP contribution < -0.4 is 4.74 Å². The van der Waals surface area contributed by atoms with Gasteiger partial charge in [-0.15, -0.1) is 0 Å². The van der Waals surface area contributed by atoms with Gasteiger partial charge in [-0.25, -0.2) is 8.78 Å². The lowest BCUT2D eigenvalue weighted by Crippen LogP contribution is -2.27. The van der Waals surface area contributed by atoms with Crippen LogP contribution in [0.1, 0.15) is 13.8 Å². The Labute approximate surface area is 172 Å². The Bertz CT molecular complexity index is 1290. The van der Waals surface area contributed by atoms with Crippen LogP contribution in [0.5, 0.6) is 5.75 Å². The second kappa shape index (κ2) is 7.29. The Morgan fingerprint density at radius 3 is 1.80 bits per heavy atom. The van der Waals surface area contributed by atoms with Crippen LogP contribution in [-0.2, 0) is 0 Å². The summed E-state index contributed by atoms with van der Waals surface area (Å²) in [6.45, 7) is 7.48. The molecular weight excluding hydrogens is 384 g/mol. The van der Waals surface area contributed by atoms with Crippen molar-refractivity contribution in [1.29, 1.82) is 0 Å². The van der Waals surface area contributed by atoms with Gasteiger partial charge < -0.3 is 19.6 Å². The molecular formula is C24H23F2N3O. The zero-order valence-corrected chi connectivity index (χ0v) is 17.0. The number of nitrogens with one attached hydrogen (secondary N) is 2. The van der Waals surface area contributed by atoms with E-state index in [1.165, 1.54) is 24.3 Å². The fourth-order valence-corrected chi connectivity index (χ4v) is 4.26. The van der Waals surface area contributed by atoms with Crippen molar-refractivity contribution in [1.82, 2.24) is 14.9 Å². The number of fused-ring (bicyclic) bond motifs is 6. The van der Waals surface area contributed by atoms with E-state index in [4.69, 9.17) is 4.74 Å². The Balaban J connectivity index is 1.76. The molecule has 2 aromatic heterocycles. The van der Waals surface area contributed by atoms with Gasteiger partial charge in [0, 0.05) is 39.1 Å². The topological polar surface area (TPSA) is 44.0 Å². The first-order valence-electron chi connectivity index (χ1n) is 10.3. The van der Waals surface area contributed by atoms with E-state index in [0.717, 1.165) is 63.2 Å². The monoisotopic (exact) mass is 407 g/mol. The molecule has 3 aromatic carbocycles. The molecule has 2 N–H and O–H groups in total. The Morgan fingerprint density at radius 2 is 1.30 bits per heavy atom. The number of H-pyrrole nitrogens is 2. The summed E-state index contributed by atoms with van der Waals surface area (Å²) in [4.78, 5) is 9.07. The number of nitrogens with zero attached hydrogens (tertiary/aromatic N) is 1.